The van der Waals surface area contributed by atoms with Crippen LogP contribution in [0.4, 0.5) is 0 Å². The summed E-state index contributed by atoms with van der Waals surface area (Å²) in [6, 6.07) is 3.81. The van der Waals surface area contributed by atoms with Gasteiger partial charge in [-0.25, -0.2) is 4.79 Å². The molecule has 1 heterocycles. The first kappa shape index (κ1) is 30.6. The molecule has 1 unspecified atom stereocenters. The number of methoxy groups -OCH3 is 1. The van der Waals surface area contributed by atoms with Crippen molar-refractivity contribution in [3.05, 3.63) is 45.7 Å². The molecule has 0 amide bonds. The van der Waals surface area contributed by atoms with Crippen LogP contribution in [-0.2, 0) is 11.2 Å². The van der Waals surface area contributed by atoms with Gasteiger partial charge < -0.3 is 9.84 Å². The summed E-state index contributed by atoms with van der Waals surface area (Å²) in [6.07, 6.45) is 18.2. The summed E-state index contributed by atoms with van der Waals surface area (Å²) < 4.78 is 4.60. The molecule has 0 saturated heterocycles. The number of rotatable bonds is 8. The third kappa shape index (κ3) is 10.0. The first-order valence-corrected chi connectivity index (χ1v) is 13.6. The van der Waals surface area contributed by atoms with Gasteiger partial charge in [0, 0.05) is 4.88 Å². The topological polar surface area (TPSA) is 46.5 Å². The molecule has 0 aromatic carbocycles. The van der Waals surface area contributed by atoms with Crippen LogP contribution >= 0.6 is 11.3 Å². The minimum Gasteiger partial charge on any atom is -0.465 e. The molecule has 1 saturated carbocycles. The molecule has 1 aromatic rings. The van der Waals surface area contributed by atoms with Crippen LogP contribution in [0.15, 0.2) is 35.9 Å². The van der Waals surface area contributed by atoms with E-state index in [1.165, 1.54) is 67.4 Å². The molecule has 4 heteroatoms. The van der Waals surface area contributed by atoms with Crippen LogP contribution in [0.2, 0.25) is 0 Å². The van der Waals surface area contributed by atoms with E-state index < -0.39 is 0 Å². The predicted octanol–water partition coefficient (Wildman–Crippen LogP) is 8.52. The lowest BCUT2D eigenvalue weighted by Crippen LogP contribution is -2.40. The third-order valence-corrected chi connectivity index (χ3v) is 7.20. The molecule has 32 heavy (non-hydrogen) atoms. The number of esters is 1. The zero-order valence-corrected chi connectivity index (χ0v) is 22.5. The highest BCUT2D eigenvalue weighted by Gasteiger charge is 2.40. The number of hydrogen-bond donors (Lipinski definition) is 1. The number of aliphatic hydroxyl groups is 1. The van der Waals surface area contributed by atoms with Crippen molar-refractivity contribution in [3.8, 4) is 0 Å². The Hall–Kier alpha value is -1.39. The fourth-order valence-electron chi connectivity index (χ4n) is 3.97. The van der Waals surface area contributed by atoms with Gasteiger partial charge in [-0.3, -0.25) is 0 Å². The van der Waals surface area contributed by atoms with Crippen molar-refractivity contribution >= 4 is 17.3 Å². The highest BCUT2D eigenvalue weighted by molar-refractivity contribution is 7.13. The van der Waals surface area contributed by atoms with Crippen molar-refractivity contribution in [1.29, 1.82) is 0 Å². The summed E-state index contributed by atoms with van der Waals surface area (Å²) in [6.45, 7) is 12.3. The number of hydrogen-bond acceptors (Lipinski definition) is 4. The molecule has 3 rings (SSSR count). The first-order chi connectivity index (χ1) is 15.5. The number of allylic oxidation sites excluding steroid dienone is 3. The summed E-state index contributed by atoms with van der Waals surface area (Å²) in [5.41, 5.74) is 1.72. The van der Waals surface area contributed by atoms with E-state index in [0.717, 1.165) is 25.7 Å². The highest BCUT2D eigenvalue weighted by Crippen LogP contribution is 2.47. The van der Waals surface area contributed by atoms with Crippen molar-refractivity contribution in [2.75, 3.05) is 7.11 Å². The van der Waals surface area contributed by atoms with E-state index >= 15 is 0 Å². The van der Waals surface area contributed by atoms with E-state index in [2.05, 4.69) is 36.8 Å². The van der Waals surface area contributed by atoms with Gasteiger partial charge in [0.2, 0.25) is 0 Å². The van der Waals surface area contributed by atoms with Gasteiger partial charge in [0.25, 0.3) is 0 Å². The Bertz CT molecular complexity index is 662. The summed E-state index contributed by atoms with van der Waals surface area (Å²) >= 11 is 1.52. The van der Waals surface area contributed by atoms with Crippen LogP contribution in [-0.4, -0.2) is 24.3 Å². The van der Waals surface area contributed by atoms with Gasteiger partial charge in [-0.05, 0) is 68.9 Å². The third-order valence-electron chi connectivity index (χ3n) is 6.07. The van der Waals surface area contributed by atoms with E-state index in [1.54, 1.807) is 0 Å². The molecule has 1 aromatic heterocycles. The van der Waals surface area contributed by atoms with Crippen LogP contribution in [0.5, 0.6) is 0 Å². The minimum atomic E-state index is -0.234. The average molecular weight is 465 g/mol. The second kappa shape index (κ2) is 18.1. The average Bonchev–Trinajstić information content (AvgIpc) is 3.49. The fourth-order valence-corrected chi connectivity index (χ4v) is 5.00. The molecule has 0 aliphatic heterocycles. The van der Waals surface area contributed by atoms with Gasteiger partial charge in [0.1, 0.15) is 4.88 Å². The van der Waals surface area contributed by atoms with Gasteiger partial charge in [-0.15, -0.1) is 11.3 Å². The monoisotopic (exact) mass is 464 g/mol. The van der Waals surface area contributed by atoms with Crippen LogP contribution in [0.1, 0.15) is 114 Å². The zero-order valence-electron chi connectivity index (χ0n) is 21.7. The summed E-state index contributed by atoms with van der Waals surface area (Å²) in [7, 11) is 1.40. The molecule has 0 bridgehead atoms. The lowest BCUT2D eigenvalue weighted by molar-refractivity contribution is -0.0354. The molecule has 2 aliphatic carbocycles. The molecule has 1 N–H and O–H groups in total. The molecular weight excluding hydrogens is 416 g/mol. The normalized spacial score (nSPS) is 16.8. The molecule has 2 aliphatic rings. The van der Waals surface area contributed by atoms with Crippen molar-refractivity contribution in [3.63, 3.8) is 0 Å². The van der Waals surface area contributed by atoms with Gasteiger partial charge in [0.15, 0.2) is 0 Å². The largest absolute Gasteiger partial charge is 0.465 e. The minimum absolute atomic E-state index is 0.121. The number of carbonyl (C=O) groups is 1. The number of aryl methyl sites for hydroxylation is 1. The van der Waals surface area contributed by atoms with E-state index in [1.807, 2.05) is 39.8 Å². The van der Waals surface area contributed by atoms with E-state index in [9.17, 15) is 9.90 Å². The molecule has 184 valence electrons. The Morgan fingerprint density at radius 2 is 1.88 bits per heavy atom. The maximum atomic E-state index is 11.0. The standard InChI is InChI=1S/C15H24O.C9H12O2S.2C2H6/c1-2-15(11-6-12-15)14(16)10-5-9-13-7-3-4-8-13;1-3-4-7-5-6-8(12-7)9(10)11-2;2*1-2/h5,7,9,14,16H,2-4,6,8,10-12H2,1H3;5-6H,3-4H2,1-2H3;2*1-2H3/b9-5+;;;. The van der Waals surface area contributed by atoms with E-state index in [0.29, 0.717) is 4.88 Å². The highest BCUT2D eigenvalue weighted by atomic mass is 32.1. The summed E-state index contributed by atoms with van der Waals surface area (Å²) in [5, 5.41) is 10.2. The maximum absolute atomic E-state index is 11.0. The van der Waals surface area contributed by atoms with Crippen LogP contribution in [0.25, 0.3) is 0 Å². The predicted molar refractivity (Wildman–Crippen MR) is 141 cm³/mol. The number of carbonyl (C=O) groups excluding carboxylic acids is 1. The number of ether oxygens (including phenoxy) is 1. The number of aliphatic hydroxyl groups excluding tert-OH is 1. The summed E-state index contributed by atoms with van der Waals surface area (Å²) in [4.78, 5) is 13.0. The van der Waals surface area contributed by atoms with Gasteiger partial charge in [-0.1, -0.05) is 78.2 Å². The molecule has 0 radical (unpaired) electrons. The fraction of sp³-hybridized carbons (Fsp3) is 0.679. The van der Waals surface area contributed by atoms with Crippen molar-refractivity contribution < 1.29 is 14.6 Å². The number of thiophene rings is 1. The van der Waals surface area contributed by atoms with Crippen LogP contribution in [0.3, 0.4) is 0 Å². The Kier molecular flexibility index (Phi) is 17.3. The van der Waals surface area contributed by atoms with E-state index in [4.69, 9.17) is 0 Å². The lowest BCUT2D eigenvalue weighted by Gasteiger charge is -2.45. The zero-order chi connectivity index (χ0) is 24.4. The molecule has 3 nitrogen and oxygen atoms in total. The van der Waals surface area contributed by atoms with E-state index in [-0.39, 0.29) is 17.5 Å². The smallest absolute Gasteiger partial charge is 0.348 e. The quantitative estimate of drug-likeness (QED) is 0.392. The first-order valence-electron chi connectivity index (χ1n) is 12.7. The molecule has 0 spiro atoms. The molecular formula is C28H48O3S. The Balaban J connectivity index is 0.000000536. The van der Waals surface area contributed by atoms with Gasteiger partial charge in [-0.2, -0.15) is 0 Å². The van der Waals surface area contributed by atoms with Gasteiger partial charge >= 0.3 is 5.97 Å². The second-order valence-electron chi connectivity index (χ2n) is 7.90. The Morgan fingerprint density at radius 3 is 2.34 bits per heavy atom. The summed E-state index contributed by atoms with van der Waals surface area (Å²) in [5.74, 6) is -0.234. The molecule has 1 atom stereocenters. The van der Waals surface area contributed by atoms with Crippen molar-refractivity contribution in [2.24, 2.45) is 5.41 Å². The lowest BCUT2D eigenvalue weighted by atomic mass is 9.63. The van der Waals surface area contributed by atoms with Crippen molar-refractivity contribution in [2.45, 2.75) is 112 Å². The maximum Gasteiger partial charge on any atom is 0.348 e. The Morgan fingerprint density at radius 1 is 1.19 bits per heavy atom. The second-order valence-corrected chi connectivity index (χ2v) is 9.07. The van der Waals surface area contributed by atoms with Gasteiger partial charge in [0.05, 0.1) is 13.2 Å². The van der Waals surface area contributed by atoms with Crippen molar-refractivity contribution in [1.82, 2.24) is 0 Å². The SMILES string of the molecule is CC.CC.CCC1(C(O)C/C=C/C2=CCCC2)CCC1.CCCc1ccc(C(=O)OC)s1. The molecule has 1 fully saturated rings. The van der Waals surface area contributed by atoms with Crippen LogP contribution in [0, 0.1) is 5.41 Å². The Labute approximate surface area is 202 Å². The van der Waals surface area contributed by atoms with Crippen LogP contribution < -0.4 is 0 Å².